The molecule has 0 spiro atoms. The number of ether oxygens (including phenoxy) is 3. The summed E-state index contributed by atoms with van der Waals surface area (Å²) < 4.78 is 44.0. The second kappa shape index (κ2) is 9.25. The van der Waals surface area contributed by atoms with E-state index in [1.54, 1.807) is 23.1 Å². The predicted octanol–water partition coefficient (Wildman–Crippen LogP) is 4.65. The van der Waals surface area contributed by atoms with Gasteiger partial charge < -0.3 is 24.4 Å². The molecule has 5 rings (SSSR count). The first kappa shape index (κ1) is 22.6. The number of hydrogen-bond acceptors (Lipinski definition) is 5. The summed E-state index contributed by atoms with van der Waals surface area (Å²) in [7, 11) is 0. The predicted molar refractivity (Wildman–Crippen MR) is 122 cm³/mol. The Morgan fingerprint density at radius 1 is 1.03 bits per heavy atom. The summed E-state index contributed by atoms with van der Waals surface area (Å²) in [4.78, 5) is 27.4. The number of carbonyl (C=O) groups excluding carboxylic acids is 2. The standard InChI is InChI=1S/C26H22F2N2O5/c1-2-21-26(32)30(12-15-3-7-23-24(9-15)34-14-33-23)13-16-10-18(5-8-22(16)35-21)29-25(31)19-6-4-17(27)11-20(19)28/h3-11,21H,2,12-14H2,1H3,(H,29,31). The third-order valence-corrected chi connectivity index (χ3v) is 5.89. The van der Waals surface area contributed by atoms with Crippen LogP contribution in [0.5, 0.6) is 17.2 Å². The molecule has 2 aliphatic heterocycles. The fraction of sp³-hybridized carbons (Fsp3) is 0.231. The number of anilines is 1. The van der Waals surface area contributed by atoms with Crippen molar-refractivity contribution in [3.05, 3.63) is 82.9 Å². The highest BCUT2D eigenvalue weighted by atomic mass is 19.1. The molecule has 0 radical (unpaired) electrons. The molecular weight excluding hydrogens is 458 g/mol. The Morgan fingerprint density at radius 3 is 2.63 bits per heavy atom. The molecule has 0 aromatic heterocycles. The maximum absolute atomic E-state index is 14.0. The summed E-state index contributed by atoms with van der Waals surface area (Å²) in [5.74, 6) is -0.757. The van der Waals surface area contributed by atoms with E-state index >= 15 is 0 Å². The van der Waals surface area contributed by atoms with Crippen molar-refractivity contribution in [2.75, 3.05) is 12.1 Å². The van der Waals surface area contributed by atoms with E-state index in [-0.39, 0.29) is 24.8 Å². The molecule has 1 unspecified atom stereocenters. The maximum Gasteiger partial charge on any atom is 0.264 e. The number of hydrogen-bond donors (Lipinski definition) is 1. The van der Waals surface area contributed by atoms with Crippen molar-refractivity contribution in [2.45, 2.75) is 32.5 Å². The number of rotatable bonds is 5. The Bertz CT molecular complexity index is 1310. The van der Waals surface area contributed by atoms with Gasteiger partial charge in [-0.1, -0.05) is 13.0 Å². The van der Waals surface area contributed by atoms with Crippen LogP contribution in [0.4, 0.5) is 14.5 Å². The summed E-state index contributed by atoms with van der Waals surface area (Å²) in [5.41, 5.74) is 1.68. The lowest BCUT2D eigenvalue weighted by Crippen LogP contribution is -2.38. The third kappa shape index (κ3) is 4.62. The van der Waals surface area contributed by atoms with E-state index in [4.69, 9.17) is 14.2 Å². The Labute approximate surface area is 200 Å². The van der Waals surface area contributed by atoms with E-state index in [9.17, 15) is 18.4 Å². The number of nitrogens with zero attached hydrogens (tertiary/aromatic N) is 1. The lowest BCUT2D eigenvalue weighted by molar-refractivity contribution is -0.139. The van der Waals surface area contributed by atoms with Gasteiger partial charge in [0.25, 0.3) is 11.8 Å². The first-order chi connectivity index (χ1) is 16.9. The zero-order valence-electron chi connectivity index (χ0n) is 18.8. The van der Waals surface area contributed by atoms with Crippen molar-refractivity contribution < 1.29 is 32.6 Å². The normalized spacial score (nSPS) is 16.4. The van der Waals surface area contributed by atoms with Crippen molar-refractivity contribution in [3.8, 4) is 17.2 Å². The quantitative estimate of drug-likeness (QED) is 0.576. The molecule has 2 amide bonds. The van der Waals surface area contributed by atoms with Gasteiger partial charge in [-0.3, -0.25) is 9.59 Å². The molecule has 0 saturated carbocycles. The zero-order chi connectivity index (χ0) is 24.5. The van der Waals surface area contributed by atoms with Crippen LogP contribution in [-0.2, 0) is 17.9 Å². The molecule has 0 saturated heterocycles. The van der Waals surface area contributed by atoms with Gasteiger partial charge in [-0.15, -0.1) is 0 Å². The third-order valence-electron chi connectivity index (χ3n) is 5.89. The van der Waals surface area contributed by atoms with E-state index in [0.717, 1.165) is 17.7 Å². The van der Waals surface area contributed by atoms with Crippen molar-refractivity contribution in [2.24, 2.45) is 0 Å². The summed E-state index contributed by atoms with van der Waals surface area (Å²) in [6, 6.07) is 13.3. The minimum absolute atomic E-state index is 0.152. The van der Waals surface area contributed by atoms with Crippen LogP contribution in [0.25, 0.3) is 0 Å². The molecule has 1 atom stereocenters. The van der Waals surface area contributed by atoms with Gasteiger partial charge in [0.15, 0.2) is 17.6 Å². The van der Waals surface area contributed by atoms with Gasteiger partial charge in [0.05, 0.1) is 5.56 Å². The van der Waals surface area contributed by atoms with Crippen LogP contribution in [0.2, 0.25) is 0 Å². The molecule has 180 valence electrons. The highest BCUT2D eigenvalue weighted by molar-refractivity contribution is 6.04. The van der Waals surface area contributed by atoms with E-state index in [0.29, 0.717) is 47.5 Å². The van der Waals surface area contributed by atoms with Gasteiger partial charge in [0.2, 0.25) is 6.79 Å². The fourth-order valence-electron chi connectivity index (χ4n) is 4.11. The molecule has 9 heteroatoms. The first-order valence-electron chi connectivity index (χ1n) is 11.1. The molecular formula is C26H22F2N2O5. The first-order valence-corrected chi connectivity index (χ1v) is 11.1. The minimum Gasteiger partial charge on any atom is -0.480 e. The van der Waals surface area contributed by atoms with Gasteiger partial charge >= 0.3 is 0 Å². The second-order valence-electron chi connectivity index (χ2n) is 8.30. The maximum atomic E-state index is 14.0. The average molecular weight is 480 g/mol. The van der Waals surface area contributed by atoms with Crippen molar-refractivity contribution in [1.82, 2.24) is 4.90 Å². The van der Waals surface area contributed by atoms with Crippen LogP contribution in [0.3, 0.4) is 0 Å². The average Bonchev–Trinajstić information content (AvgIpc) is 3.25. The number of carbonyl (C=O) groups is 2. The van der Waals surface area contributed by atoms with Gasteiger partial charge in [0, 0.05) is 30.4 Å². The van der Waals surface area contributed by atoms with E-state index in [1.165, 1.54) is 0 Å². The number of fused-ring (bicyclic) bond motifs is 2. The van der Waals surface area contributed by atoms with Crippen molar-refractivity contribution >= 4 is 17.5 Å². The van der Waals surface area contributed by atoms with Gasteiger partial charge in [-0.25, -0.2) is 8.78 Å². The molecule has 7 nitrogen and oxygen atoms in total. The molecule has 0 fully saturated rings. The minimum atomic E-state index is -0.952. The number of nitrogens with one attached hydrogen (secondary N) is 1. The number of amides is 2. The SMILES string of the molecule is CCC1Oc2ccc(NC(=O)c3ccc(F)cc3F)cc2CN(Cc2ccc3c(c2)OCO3)C1=O. The van der Waals surface area contributed by atoms with Gasteiger partial charge in [0.1, 0.15) is 17.4 Å². The van der Waals surface area contributed by atoms with Crippen molar-refractivity contribution in [1.29, 1.82) is 0 Å². The summed E-state index contributed by atoms with van der Waals surface area (Å²) in [5, 5.41) is 2.63. The Hall–Kier alpha value is -4.14. The molecule has 2 heterocycles. The highest BCUT2D eigenvalue weighted by Gasteiger charge is 2.30. The lowest BCUT2D eigenvalue weighted by Gasteiger charge is -2.23. The monoisotopic (exact) mass is 480 g/mol. The van der Waals surface area contributed by atoms with Crippen LogP contribution >= 0.6 is 0 Å². The zero-order valence-corrected chi connectivity index (χ0v) is 18.8. The molecule has 3 aromatic rings. The molecule has 3 aromatic carbocycles. The molecule has 0 bridgehead atoms. The number of halogens is 2. The summed E-state index contributed by atoms with van der Waals surface area (Å²) >= 11 is 0. The largest absolute Gasteiger partial charge is 0.480 e. The smallest absolute Gasteiger partial charge is 0.264 e. The number of benzene rings is 3. The van der Waals surface area contributed by atoms with Crippen LogP contribution in [0.15, 0.2) is 54.6 Å². The molecule has 0 aliphatic carbocycles. The van der Waals surface area contributed by atoms with Gasteiger partial charge in [-0.05, 0) is 54.4 Å². The second-order valence-corrected chi connectivity index (χ2v) is 8.30. The Kier molecular flexibility index (Phi) is 5.98. The van der Waals surface area contributed by atoms with Crippen LogP contribution in [0, 0.1) is 11.6 Å². The summed E-state index contributed by atoms with van der Waals surface area (Å²) in [6.45, 7) is 2.61. The van der Waals surface area contributed by atoms with E-state index < -0.39 is 23.6 Å². The van der Waals surface area contributed by atoms with Crippen LogP contribution < -0.4 is 19.5 Å². The van der Waals surface area contributed by atoms with E-state index in [2.05, 4.69) is 5.32 Å². The van der Waals surface area contributed by atoms with E-state index in [1.807, 2.05) is 25.1 Å². The van der Waals surface area contributed by atoms with Crippen LogP contribution in [0.1, 0.15) is 34.8 Å². The lowest BCUT2D eigenvalue weighted by atomic mass is 10.1. The Morgan fingerprint density at radius 2 is 1.83 bits per heavy atom. The molecule has 35 heavy (non-hydrogen) atoms. The highest BCUT2D eigenvalue weighted by Crippen LogP contribution is 2.34. The fourth-order valence-corrected chi connectivity index (χ4v) is 4.11. The molecule has 2 aliphatic rings. The molecule has 1 N–H and O–H groups in total. The van der Waals surface area contributed by atoms with Crippen molar-refractivity contribution in [3.63, 3.8) is 0 Å². The topological polar surface area (TPSA) is 77.1 Å². The van der Waals surface area contributed by atoms with Crippen LogP contribution in [-0.4, -0.2) is 29.6 Å². The Balaban J connectivity index is 1.39. The van der Waals surface area contributed by atoms with Gasteiger partial charge in [-0.2, -0.15) is 0 Å². The summed E-state index contributed by atoms with van der Waals surface area (Å²) in [6.07, 6.45) is -0.169.